The predicted octanol–water partition coefficient (Wildman–Crippen LogP) is -4.17. The standard InChI is InChI=1S/C18H19N9O5.BrH/c28-12(23-16-20-7-19-8-21-16)6-27-3-1-10(2-4-27)11(5-27)32-18(31)26-9-22-13-14(26)24-17(30)25-15(13)29;/h7-11H,1-6H2,(H2-,19,20,21,23,24,25,28,29,30);1H/t10?,11-,27?;/m0./s1. The smallest absolute Gasteiger partial charge is 0.421 e. The van der Waals surface area contributed by atoms with Crippen LogP contribution in [0.3, 0.4) is 0 Å². The predicted molar refractivity (Wildman–Crippen MR) is 108 cm³/mol. The van der Waals surface area contributed by atoms with Gasteiger partial charge < -0.3 is 26.2 Å². The summed E-state index contributed by atoms with van der Waals surface area (Å²) in [5.74, 6) is 0.149. The molecule has 0 unspecified atom stereocenters. The molecule has 15 heteroatoms. The minimum absolute atomic E-state index is 0. The van der Waals surface area contributed by atoms with Gasteiger partial charge in [-0.1, -0.05) is 0 Å². The van der Waals surface area contributed by atoms with Gasteiger partial charge in [-0.2, -0.15) is 0 Å². The molecule has 3 aliphatic heterocycles. The van der Waals surface area contributed by atoms with E-state index in [1.54, 1.807) is 0 Å². The summed E-state index contributed by atoms with van der Waals surface area (Å²) in [6.45, 7) is 2.31. The fraction of sp³-hybridized carbons (Fsp3) is 0.444. The van der Waals surface area contributed by atoms with Crippen molar-refractivity contribution >= 4 is 29.1 Å². The van der Waals surface area contributed by atoms with Crippen LogP contribution in [0, 0.1) is 5.92 Å². The Morgan fingerprint density at radius 1 is 1.15 bits per heavy atom. The highest BCUT2D eigenvalue weighted by atomic mass is 79.9. The number of aromatic nitrogens is 7. The molecule has 0 aliphatic carbocycles. The van der Waals surface area contributed by atoms with E-state index >= 15 is 0 Å². The lowest BCUT2D eigenvalue weighted by Gasteiger charge is -2.51. The number of nitrogens with one attached hydrogen (secondary N) is 3. The Morgan fingerprint density at radius 3 is 2.61 bits per heavy atom. The van der Waals surface area contributed by atoms with E-state index in [0.29, 0.717) is 11.0 Å². The van der Waals surface area contributed by atoms with E-state index in [-0.39, 0.29) is 52.5 Å². The molecule has 1 amide bonds. The number of fused-ring (bicyclic) bond motifs is 4. The van der Waals surface area contributed by atoms with Gasteiger partial charge in [-0.25, -0.2) is 34.1 Å². The number of piperidine rings is 3. The van der Waals surface area contributed by atoms with Gasteiger partial charge in [0.2, 0.25) is 5.95 Å². The lowest BCUT2D eigenvalue weighted by Crippen LogP contribution is -3.00. The van der Waals surface area contributed by atoms with Crippen LogP contribution in [-0.4, -0.2) is 83.2 Å². The van der Waals surface area contributed by atoms with Gasteiger partial charge in [0, 0.05) is 18.8 Å². The van der Waals surface area contributed by atoms with Crippen LogP contribution in [0.1, 0.15) is 12.8 Å². The molecule has 2 bridgehead atoms. The molecule has 3 N–H and O–H groups in total. The number of imidazole rings is 1. The SMILES string of the molecule is O=C(C[N+]12CCC(CC1)[C@@H](OC(=O)n1cnc3c(=O)[nH]c(=O)[nH]c31)C2)Nc1ncncn1.[Br-]. The Labute approximate surface area is 195 Å². The Balaban J connectivity index is 0.00000259. The largest absolute Gasteiger partial charge is 1.00 e. The Hall–Kier alpha value is -3.46. The van der Waals surface area contributed by atoms with E-state index in [1.807, 2.05) is 0 Å². The van der Waals surface area contributed by atoms with Crippen LogP contribution in [0.4, 0.5) is 10.7 Å². The zero-order valence-corrected chi connectivity index (χ0v) is 18.8. The summed E-state index contributed by atoms with van der Waals surface area (Å²) in [6, 6.07) is 0. The number of H-pyrrole nitrogens is 2. The number of amides is 1. The van der Waals surface area contributed by atoms with Crippen LogP contribution >= 0.6 is 0 Å². The van der Waals surface area contributed by atoms with E-state index in [2.05, 4.69) is 35.2 Å². The molecule has 1 atom stereocenters. The number of rotatable bonds is 4. The second-order valence-corrected chi connectivity index (χ2v) is 8.12. The topological polar surface area (TPSA) is 178 Å². The van der Waals surface area contributed by atoms with Gasteiger partial charge in [0.1, 0.15) is 25.5 Å². The average Bonchev–Trinajstić information content (AvgIpc) is 3.19. The molecule has 6 rings (SSSR count). The molecule has 3 fully saturated rings. The molecule has 0 saturated carbocycles. The first-order valence-corrected chi connectivity index (χ1v) is 10.1. The van der Waals surface area contributed by atoms with Gasteiger partial charge in [0.15, 0.2) is 23.8 Å². The van der Waals surface area contributed by atoms with E-state index in [1.165, 1.54) is 12.7 Å². The number of halogens is 1. The lowest BCUT2D eigenvalue weighted by atomic mass is 9.83. The van der Waals surface area contributed by atoms with Crippen molar-refractivity contribution in [2.24, 2.45) is 5.92 Å². The van der Waals surface area contributed by atoms with Crippen LogP contribution < -0.4 is 33.5 Å². The molecular weight excluding hydrogens is 502 g/mol. The first-order chi connectivity index (χ1) is 15.4. The van der Waals surface area contributed by atoms with Crippen molar-refractivity contribution in [1.82, 2.24) is 34.5 Å². The molecular formula is C18H20BrN9O5. The molecule has 3 aromatic heterocycles. The number of aromatic amines is 2. The molecule has 3 aliphatic rings. The third-order valence-electron chi connectivity index (χ3n) is 6.16. The molecule has 174 valence electrons. The summed E-state index contributed by atoms with van der Waals surface area (Å²) < 4.78 is 7.26. The van der Waals surface area contributed by atoms with Gasteiger partial charge in [-0.05, 0) is 0 Å². The maximum absolute atomic E-state index is 12.8. The first-order valence-electron chi connectivity index (χ1n) is 10.1. The minimum Gasteiger partial charge on any atom is -1.00 e. The van der Waals surface area contributed by atoms with E-state index in [4.69, 9.17) is 4.74 Å². The summed E-state index contributed by atoms with van der Waals surface area (Å²) in [5.41, 5.74) is -1.51. The van der Waals surface area contributed by atoms with Crippen molar-refractivity contribution in [2.75, 3.05) is 31.5 Å². The van der Waals surface area contributed by atoms with E-state index in [9.17, 15) is 19.2 Å². The van der Waals surface area contributed by atoms with Crippen LogP contribution in [-0.2, 0) is 9.53 Å². The highest BCUT2D eigenvalue weighted by Crippen LogP contribution is 2.35. The molecule has 3 aromatic rings. The van der Waals surface area contributed by atoms with Crippen LogP contribution in [0.25, 0.3) is 11.2 Å². The number of quaternary nitrogens is 1. The van der Waals surface area contributed by atoms with Gasteiger partial charge in [0.25, 0.3) is 11.5 Å². The highest BCUT2D eigenvalue weighted by molar-refractivity contribution is 5.89. The average molecular weight is 522 g/mol. The maximum Gasteiger partial charge on any atom is 0.421 e. The molecule has 14 nitrogen and oxygen atoms in total. The summed E-state index contributed by atoms with van der Waals surface area (Å²) in [5, 5.41) is 2.67. The molecule has 0 spiro atoms. The monoisotopic (exact) mass is 521 g/mol. The highest BCUT2D eigenvalue weighted by Gasteiger charge is 2.48. The number of carbonyl (C=O) groups excluding carboxylic acids is 2. The molecule has 33 heavy (non-hydrogen) atoms. The van der Waals surface area contributed by atoms with Crippen LogP contribution in [0.15, 0.2) is 28.6 Å². The summed E-state index contributed by atoms with van der Waals surface area (Å²) in [4.78, 5) is 68.7. The van der Waals surface area contributed by atoms with Gasteiger partial charge in [-0.15, -0.1) is 0 Å². The molecule has 3 saturated heterocycles. The van der Waals surface area contributed by atoms with Crippen LogP contribution in [0.5, 0.6) is 0 Å². The van der Waals surface area contributed by atoms with Crippen molar-refractivity contribution in [3.8, 4) is 0 Å². The van der Waals surface area contributed by atoms with Gasteiger partial charge in [0.05, 0.1) is 13.1 Å². The van der Waals surface area contributed by atoms with Crippen molar-refractivity contribution < 1.29 is 35.8 Å². The third kappa shape index (κ3) is 4.41. The summed E-state index contributed by atoms with van der Waals surface area (Å²) in [7, 11) is 0. The summed E-state index contributed by atoms with van der Waals surface area (Å²) >= 11 is 0. The fourth-order valence-electron chi connectivity index (χ4n) is 4.61. The van der Waals surface area contributed by atoms with Crippen molar-refractivity contribution in [1.29, 1.82) is 0 Å². The summed E-state index contributed by atoms with van der Waals surface area (Å²) in [6.07, 6.45) is 4.25. The van der Waals surface area contributed by atoms with E-state index < -0.39 is 23.4 Å². The Morgan fingerprint density at radius 2 is 1.88 bits per heavy atom. The number of ether oxygens (including phenoxy) is 1. The zero-order valence-electron chi connectivity index (χ0n) is 17.2. The normalized spacial score (nSPS) is 23.6. The number of carbonyl (C=O) groups is 2. The van der Waals surface area contributed by atoms with Crippen molar-refractivity contribution in [2.45, 2.75) is 18.9 Å². The molecule has 0 aromatic carbocycles. The fourth-order valence-corrected chi connectivity index (χ4v) is 4.61. The quantitative estimate of drug-likeness (QED) is 0.287. The number of hydrogen-bond donors (Lipinski definition) is 3. The Kier molecular flexibility index (Phi) is 6.07. The number of anilines is 1. The first kappa shape index (κ1) is 22.7. The maximum atomic E-state index is 12.8. The van der Waals surface area contributed by atoms with E-state index in [0.717, 1.165) is 36.8 Å². The van der Waals surface area contributed by atoms with Crippen LogP contribution in [0.2, 0.25) is 0 Å². The van der Waals surface area contributed by atoms with Gasteiger partial charge >= 0.3 is 11.8 Å². The van der Waals surface area contributed by atoms with Crippen molar-refractivity contribution in [3.05, 3.63) is 39.8 Å². The van der Waals surface area contributed by atoms with Crippen molar-refractivity contribution in [3.63, 3.8) is 0 Å². The molecule has 6 heterocycles. The molecule has 0 radical (unpaired) electrons. The second kappa shape index (κ2) is 8.82. The zero-order chi connectivity index (χ0) is 22.3. The number of hydrogen-bond acceptors (Lipinski definition) is 9. The number of nitrogens with zero attached hydrogens (tertiary/aromatic N) is 6. The minimum atomic E-state index is -0.742. The third-order valence-corrected chi connectivity index (χ3v) is 6.16. The van der Waals surface area contributed by atoms with Gasteiger partial charge in [-0.3, -0.25) is 24.9 Å². The Bertz CT molecular complexity index is 1300. The second-order valence-electron chi connectivity index (χ2n) is 8.12. The lowest BCUT2D eigenvalue weighted by molar-refractivity contribution is -0.938.